The van der Waals surface area contributed by atoms with Gasteiger partial charge in [-0.3, -0.25) is 9.69 Å². The summed E-state index contributed by atoms with van der Waals surface area (Å²) >= 11 is 0. The molecule has 0 N–H and O–H groups in total. The Labute approximate surface area is 123 Å². The van der Waals surface area contributed by atoms with E-state index in [1.165, 1.54) is 0 Å². The quantitative estimate of drug-likeness (QED) is 0.682. The number of rotatable bonds is 8. The Morgan fingerprint density at radius 3 is 2.15 bits per heavy atom. The molecule has 1 unspecified atom stereocenters. The Kier molecular flexibility index (Phi) is 6.89. The van der Waals surface area contributed by atoms with Crippen molar-refractivity contribution in [2.45, 2.75) is 26.8 Å². The summed E-state index contributed by atoms with van der Waals surface area (Å²) in [6.07, 6.45) is 0. The molecule has 0 aliphatic rings. The Morgan fingerprint density at radius 1 is 1.05 bits per heavy atom. The van der Waals surface area contributed by atoms with E-state index in [9.17, 15) is 4.79 Å². The molecule has 1 aromatic carbocycles. The third-order valence-corrected chi connectivity index (χ3v) is 3.42. The Balaban J connectivity index is 2.75. The summed E-state index contributed by atoms with van der Waals surface area (Å²) in [5.74, 6) is 0.771. The van der Waals surface area contributed by atoms with E-state index in [4.69, 9.17) is 0 Å². The third-order valence-electron chi connectivity index (χ3n) is 3.42. The largest absolute Gasteiger partial charge is 0.308 e. The first-order chi connectivity index (χ1) is 9.41. The van der Waals surface area contributed by atoms with E-state index in [1.54, 1.807) is 0 Å². The van der Waals surface area contributed by atoms with Crippen LogP contribution >= 0.6 is 0 Å². The maximum absolute atomic E-state index is 12.6. The lowest BCUT2D eigenvalue weighted by atomic mass is 10.0. The van der Waals surface area contributed by atoms with Crippen LogP contribution in [0, 0.1) is 5.92 Å². The van der Waals surface area contributed by atoms with Gasteiger partial charge in [0.1, 0.15) is 0 Å². The van der Waals surface area contributed by atoms with Gasteiger partial charge in [-0.2, -0.15) is 0 Å². The number of benzene rings is 1. The zero-order valence-electron chi connectivity index (χ0n) is 13.5. The SMILES string of the molecule is CC(C)CN(CCN(C)C)C(C)C(=O)c1ccccc1. The second-order valence-electron chi connectivity index (χ2n) is 6.10. The number of carbonyl (C=O) groups is 1. The molecule has 0 radical (unpaired) electrons. The Hall–Kier alpha value is -1.19. The van der Waals surface area contributed by atoms with Crippen molar-refractivity contribution in [1.82, 2.24) is 9.80 Å². The summed E-state index contributed by atoms with van der Waals surface area (Å²) in [7, 11) is 4.13. The van der Waals surface area contributed by atoms with Crippen molar-refractivity contribution in [3.63, 3.8) is 0 Å². The van der Waals surface area contributed by atoms with Crippen LogP contribution < -0.4 is 0 Å². The number of hydrogen-bond acceptors (Lipinski definition) is 3. The second-order valence-corrected chi connectivity index (χ2v) is 6.10. The van der Waals surface area contributed by atoms with Crippen molar-refractivity contribution in [1.29, 1.82) is 0 Å². The van der Waals surface area contributed by atoms with Gasteiger partial charge >= 0.3 is 0 Å². The van der Waals surface area contributed by atoms with Gasteiger partial charge in [-0.05, 0) is 26.9 Å². The summed E-state index contributed by atoms with van der Waals surface area (Å²) in [6, 6.07) is 9.52. The lowest BCUT2D eigenvalue weighted by Crippen LogP contribution is -2.44. The maximum atomic E-state index is 12.6. The molecule has 0 saturated carbocycles. The number of Topliss-reactive ketones (excluding diaryl/α,β-unsaturated/α-hetero) is 1. The van der Waals surface area contributed by atoms with Crippen LogP contribution in [0.15, 0.2) is 30.3 Å². The minimum absolute atomic E-state index is 0.0697. The van der Waals surface area contributed by atoms with Crippen molar-refractivity contribution in [2.75, 3.05) is 33.7 Å². The van der Waals surface area contributed by atoms with Gasteiger partial charge in [-0.15, -0.1) is 0 Å². The summed E-state index contributed by atoms with van der Waals surface area (Å²) in [6.45, 7) is 9.26. The molecule has 20 heavy (non-hydrogen) atoms. The monoisotopic (exact) mass is 276 g/mol. The minimum Gasteiger partial charge on any atom is -0.308 e. The number of hydrogen-bond donors (Lipinski definition) is 0. The zero-order valence-corrected chi connectivity index (χ0v) is 13.5. The first kappa shape index (κ1) is 16.9. The predicted octanol–water partition coefficient (Wildman–Crippen LogP) is 2.78. The number of nitrogens with zero attached hydrogens (tertiary/aromatic N) is 2. The fourth-order valence-corrected chi connectivity index (χ4v) is 2.25. The molecule has 1 rings (SSSR count). The molecule has 1 atom stereocenters. The number of carbonyl (C=O) groups excluding carboxylic acids is 1. The highest BCUT2D eigenvalue weighted by atomic mass is 16.1. The van der Waals surface area contributed by atoms with Crippen molar-refractivity contribution in [3.05, 3.63) is 35.9 Å². The van der Waals surface area contributed by atoms with E-state index in [1.807, 2.05) is 37.3 Å². The van der Waals surface area contributed by atoms with Gasteiger partial charge in [0.05, 0.1) is 6.04 Å². The number of likely N-dealkylation sites (N-methyl/N-ethyl adjacent to an activating group) is 1. The molecule has 0 fully saturated rings. The molecular weight excluding hydrogens is 248 g/mol. The molecule has 3 heteroatoms. The predicted molar refractivity (Wildman–Crippen MR) is 85.2 cm³/mol. The van der Waals surface area contributed by atoms with Crippen LogP contribution in [0.25, 0.3) is 0 Å². The van der Waals surface area contributed by atoms with Crippen LogP contribution in [0.1, 0.15) is 31.1 Å². The van der Waals surface area contributed by atoms with Crippen molar-refractivity contribution >= 4 is 5.78 Å². The molecular formula is C17H28N2O. The highest BCUT2D eigenvalue weighted by molar-refractivity contribution is 5.99. The van der Waals surface area contributed by atoms with E-state index < -0.39 is 0 Å². The highest BCUT2D eigenvalue weighted by Gasteiger charge is 2.22. The van der Waals surface area contributed by atoms with Crippen LogP contribution in [-0.2, 0) is 0 Å². The topological polar surface area (TPSA) is 23.6 Å². The second kappa shape index (κ2) is 8.18. The molecule has 0 aromatic heterocycles. The average molecular weight is 276 g/mol. The van der Waals surface area contributed by atoms with E-state index in [-0.39, 0.29) is 11.8 Å². The highest BCUT2D eigenvalue weighted by Crippen LogP contribution is 2.11. The lowest BCUT2D eigenvalue weighted by molar-refractivity contribution is 0.0809. The van der Waals surface area contributed by atoms with E-state index in [0.717, 1.165) is 25.2 Å². The summed E-state index contributed by atoms with van der Waals surface area (Å²) in [5, 5.41) is 0. The van der Waals surface area contributed by atoms with Crippen LogP contribution in [-0.4, -0.2) is 55.4 Å². The first-order valence-corrected chi connectivity index (χ1v) is 7.40. The molecule has 0 heterocycles. The van der Waals surface area contributed by atoms with Gasteiger partial charge in [0.15, 0.2) is 5.78 Å². The minimum atomic E-state index is -0.0697. The summed E-state index contributed by atoms with van der Waals surface area (Å²) < 4.78 is 0. The standard InChI is InChI=1S/C17H28N2O/c1-14(2)13-19(12-11-18(4)5)15(3)17(20)16-9-7-6-8-10-16/h6-10,14-15H,11-13H2,1-5H3. The van der Waals surface area contributed by atoms with E-state index in [2.05, 4.69) is 37.7 Å². The van der Waals surface area contributed by atoms with Gasteiger partial charge in [0, 0.05) is 25.2 Å². The van der Waals surface area contributed by atoms with Crippen molar-refractivity contribution < 1.29 is 4.79 Å². The van der Waals surface area contributed by atoms with Crippen molar-refractivity contribution in [2.24, 2.45) is 5.92 Å². The maximum Gasteiger partial charge on any atom is 0.179 e. The van der Waals surface area contributed by atoms with E-state index in [0.29, 0.717) is 5.92 Å². The molecule has 0 aliphatic heterocycles. The molecule has 0 aliphatic carbocycles. The van der Waals surface area contributed by atoms with Gasteiger partial charge in [0.25, 0.3) is 0 Å². The van der Waals surface area contributed by atoms with Crippen molar-refractivity contribution in [3.8, 4) is 0 Å². The summed E-state index contributed by atoms with van der Waals surface area (Å²) in [5.41, 5.74) is 0.804. The smallest absolute Gasteiger partial charge is 0.179 e. The van der Waals surface area contributed by atoms with Crippen LogP contribution in [0.4, 0.5) is 0 Å². The zero-order chi connectivity index (χ0) is 15.1. The Bertz CT molecular complexity index is 401. The molecule has 3 nitrogen and oxygen atoms in total. The molecule has 0 spiro atoms. The molecule has 0 saturated heterocycles. The first-order valence-electron chi connectivity index (χ1n) is 7.40. The lowest BCUT2D eigenvalue weighted by Gasteiger charge is -2.30. The normalized spacial score (nSPS) is 13.2. The number of ketones is 1. The molecule has 1 aromatic rings. The molecule has 112 valence electrons. The van der Waals surface area contributed by atoms with Crippen LogP contribution in [0.2, 0.25) is 0 Å². The van der Waals surface area contributed by atoms with Gasteiger partial charge in [0.2, 0.25) is 0 Å². The molecule has 0 amide bonds. The van der Waals surface area contributed by atoms with Gasteiger partial charge in [-0.1, -0.05) is 44.2 Å². The van der Waals surface area contributed by atoms with Gasteiger partial charge < -0.3 is 4.90 Å². The average Bonchev–Trinajstić information content (AvgIpc) is 2.42. The fraction of sp³-hybridized carbons (Fsp3) is 0.588. The van der Waals surface area contributed by atoms with Gasteiger partial charge in [-0.25, -0.2) is 0 Å². The Morgan fingerprint density at radius 2 is 1.65 bits per heavy atom. The fourth-order valence-electron chi connectivity index (χ4n) is 2.25. The van der Waals surface area contributed by atoms with E-state index >= 15 is 0 Å². The third kappa shape index (κ3) is 5.43. The van der Waals surface area contributed by atoms with Crippen LogP contribution in [0.5, 0.6) is 0 Å². The van der Waals surface area contributed by atoms with Crippen LogP contribution in [0.3, 0.4) is 0 Å². The summed E-state index contributed by atoms with van der Waals surface area (Å²) in [4.78, 5) is 17.0. The molecule has 0 bridgehead atoms.